The van der Waals surface area contributed by atoms with Crippen molar-refractivity contribution in [1.82, 2.24) is 9.97 Å². The van der Waals surface area contributed by atoms with E-state index in [1.54, 1.807) is 7.11 Å². The summed E-state index contributed by atoms with van der Waals surface area (Å²) < 4.78 is 5.16. The Morgan fingerprint density at radius 2 is 1.67 bits per heavy atom. The molecule has 0 saturated carbocycles. The highest BCUT2D eigenvalue weighted by molar-refractivity contribution is 5.48. The van der Waals surface area contributed by atoms with Gasteiger partial charge in [0.1, 0.15) is 23.2 Å². The molecule has 1 heterocycles. The predicted molar refractivity (Wildman–Crippen MR) is 85.9 cm³/mol. The van der Waals surface area contributed by atoms with Gasteiger partial charge in [-0.3, -0.25) is 0 Å². The van der Waals surface area contributed by atoms with Gasteiger partial charge in [0.25, 0.3) is 0 Å². The Morgan fingerprint density at radius 1 is 1.00 bits per heavy atom. The van der Waals surface area contributed by atoms with E-state index < -0.39 is 0 Å². The van der Waals surface area contributed by atoms with Gasteiger partial charge in [-0.25, -0.2) is 9.97 Å². The van der Waals surface area contributed by atoms with Crippen LogP contribution in [0.5, 0.6) is 5.75 Å². The van der Waals surface area contributed by atoms with Gasteiger partial charge in [0.15, 0.2) is 0 Å². The average molecular weight is 286 g/mol. The number of ether oxygens (including phenoxy) is 1. The summed E-state index contributed by atoms with van der Waals surface area (Å²) in [6.45, 7) is 5.67. The molecule has 1 aromatic heterocycles. The lowest BCUT2D eigenvalue weighted by atomic mass is 10.2. The minimum absolute atomic E-state index is 0.718. The molecule has 5 heteroatoms. The van der Waals surface area contributed by atoms with Gasteiger partial charge in [-0.15, -0.1) is 0 Å². The second-order valence-corrected chi connectivity index (χ2v) is 4.64. The second kappa shape index (κ2) is 7.47. The van der Waals surface area contributed by atoms with E-state index in [9.17, 15) is 0 Å². The van der Waals surface area contributed by atoms with Crippen LogP contribution >= 0.6 is 0 Å². The molecule has 0 aliphatic rings. The lowest BCUT2D eigenvalue weighted by molar-refractivity contribution is 0.414. The molecule has 0 amide bonds. The number of nitrogens with one attached hydrogen (secondary N) is 2. The molecule has 1 aromatic carbocycles. The zero-order valence-electron chi connectivity index (χ0n) is 12.8. The molecule has 2 rings (SSSR count). The fraction of sp³-hybridized carbons (Fsp3) is 0.375. The van der Waals surface area contributed by atoms with Crippen molar-refractivity contribution in [1.29, 1.82) is 0 Å². The number of aryl methyl sites for hydroxylation is 1. The Kier molecular flexibility index (Phi) is 5.37. The molecule has 0 aliphatic heterocycles. The Balaban J connectivity index is 2.05. The summed E-state index contributed by atoms with van der Waals surface area (Å²) in [5.41, 5.74) is 1.18. The molecule has 0 fully saturated rings. The van der Waals surface area contributed by atoms with Crippen molar-refractivity contribution in [3.8, 4) is 5.75 Å². The molecule has 2 aromatic rings. The summed E-state index contributed by atoms with van der Waals surface area (Å²) in [4.78, 5) is 8.94. The molecule has 0 saturated heterocycles. The second-order valence-electron chi connectivity index (χ2n) is 4.64. The maximum atomic E-state index is 5.16. The molecule has 0 bridgehead atoms. The van der Waals surface area contributed by atoms with Gasteiger partial charge < -0.3 is 15.4 Å². The Bertz CT molecular complexity index is 569. The van der Waals surface area contributed by atoms with Crippen LogP contribution in [0.3, 0.4) is 0 Å². The van der Waals surface area contributed by atoms with Gasteiger partial charge >= 0.3 is 0 Å². The maximum Gasteiger partial charge on any atom is 0.132 e. The van der Waals surface area contributed by atoms with Crippen molar-refractivity contribution >= 4 is 11.6 Å². The quantitative estimate of drug-likeness (QED) is 0.819. The molecule has 0 atom stereocenters. The summed E-state index contributed by atoms with van der Waals surface area (Å²) in [5.74, 6) is 3.41. The van der Waals surface area contributed by atoms with Gasteiger partial charge in [0.2, 0.25) is 0 Å². The van der Waals surface area contributed by atoms with Crippen molar-refractivity contribution in [2.75, 3.05) is 24.3 Å². The normalized spacial score (nSPS) is 10.2. The van der Waals surface area contributed by atoms with Crippen LogP contribution in [0.1, 0.15) is 25.2 Å². The largest absolute Gasteiger partial charge is 0.497 e. The number of rotatable bonds is 7. The smallest absolute Gasteiger partial charge is 0.132 e. The standard InChI is InChI=1S/C16H22N4O/c1-4-14-19-15(17-5-2)10-16(20-14)18-11-12-6-8-13(21-3)9-7-12/h6-10H,4-5,11H2,1-3H3,(H2,17,18,19,20). The lowest BCUT2D eigenvalue weighted by Gasteiger charge is -2.10. The average Bonchev–Trinajstić information content (AvgIpc) is 2.53. The summed E-state index contributed by atoms with van der Waals surface area (Å²) in [6, 6.07) is 9.93. The van der Waals surface area contributed by atoms with E-state index in [1.165, 1.54) is 5.56 Å². The summed E-state index contributed by atoms with van der Waals surface area (Å²) >= 11 is 0. The van der Waals surface area contributed by atoms with Crippen molar-refractivity contribution in [3.05, 3.63) is 41.7 Å². The summed E-state index contributed by atoms with van der Waals surface area (Å²) in [5, 5.41) is 6.57. The van der Waals surface area contributed by atoms with Gasteiger partial charge in [0.05, 0.1) is 7.11 Å². The van der Waals surface area contributed by atoms with Gasteiger partial charge in [-0.05, 0) is 24.6 Å². The number of nitrogens with zero attached hydrogens (tertiary/aromatic N) is 2. The zero-order chi connectivity index (χ0) is 15.1. The van der Waals surface area contributed by atoms with Crippen molar-refractivity contribution < 1.29 is 4.74 Å². The molecule has 5 nitrogen and oxygen atoms in total. The van der Waals surface area contributed by atoms with Crippen molar-refractivity contribution in [2.24, 2.45) is 0 Å². The summed E-state index contributed by atoms with van der Waals surface area (Å²) in [7, 11) is 1.67. The first kappa shape index (κ1) is 15.1. The number of hydrogen-bond donors (Lipinski definition) is 2. The van der Waals surface area contributed by atoms with Crippen LogP contribution in [0.4, 0.5) is 11.6 Å². The highest BCUT2D eigenvalue weighted by Crippen LogP contribution is 2.15. The first-order valence-electron chi connectivity index (χ1n) is 7.23. The molecule has 0 spiro atoms. The third-order valence-corrected chi connectivity index (χ3v) is 3.08. The van der Waals surface area contributed by atoms with Crippen molar-refractivity contribution in [2.45, 2.75) is 26.8 Å². The predicted octanol–water partition coefficient (Wildman–Crippen LogP) is 3.09. The van der Waals surface area contributed by atoms with Crippen LogP contribution in [0, 0.1) is 0 Å². The van der Waals surface area contributed by atoms with Gasteiger partial charge in [-0.1, -0.05) is 19.1 Å². The molecule has 0 unspecified atom stereocenters. The molecular weight excluding hydrogens is 264 g/mol. The highest BCUT2D eigenvalue weighted by atomic mass is 16.5. The van der Waals surface area contributed by atoms with E-state index in [1.807, 2.05) is 30.3 Å². The highest BCUT2D eigenvalue weighted by Gasteiger charge is 2.03. The number of hydrogen-bond acceptors (Lipinski definition) is 5. The molecule has 112 valence electrons. The first-order chi connectivity index (χ1) is 10.2. The number of benzene rings is 1. The van der Waals surface area contributed by atoms with Gasteiger partial charge in [-0.2, -0.15) is 0 Å². The fourth-order valence-electron chi connectivity index (χ4n) is 1.95. The van der Waals surface area contributed by atoms with Crippen LogP contribution in [-0.2, 0) is 13.0 Å². The van der Waals surface area contributed by atoms with Crippen LogP contribution in [-0.4, -0.2) is 23.6 Å². The van der Waals surface area contributed by atoms with Crippen molar-refractivity contribution in [3.63, 3.8) is 0 Å². The van der Waals surface area contributed by atoms with E-state index in [0.717, 1.165) is 42.7 Å². The Hall–Kier alpha value is -2.30. The van der Waals surface area contributed by atoms with E-state index in [0.29, 0.717) is 0 Å². The SMILES string of the molecule is CCNc1cc(NCc2ccc(OC)cc2)nc(CC)n1. The van der Waals surface area contributed by atoms with Crippen LogP contribution < -0.4 is 15.4 Å². The minimum atomic E-state index is 0.718. The monoisotopic (exact) mass is 286 g/mol. The van der Waals surface area contributed by atoms with E-state index in [2.05, 4.69) is 34.4 Å². The fourth-order valence-corrected chi connectivity index (χ4v) is 1.95. The Morgan fingerprint density at radius 3 is 2.24 bits per heavy atom. The Labute approximate surface area is 125 Å². The number of aromatic nitrogens is 2. The molecule has 21 heavy (non-hydrogen) atoms. The zero-order valence-corrected chi connectivity index (χ0v) is 12.8. The summed E-state index contributed by atoms with van der Waals surface area (Å²) in [6.07, 6.45) is 0.816. The van der Waals surface area contributed by atoms with E-state index in [4.69, 9.17) is 4.74 Å². The third kappa shape index (κ3) is 4.34. The minimum Gasteiger partial charge on any atom is -0.497 e. The maximum absolute atomic E-state index is 5.16. The van der Waals surface area contributed by atoms with Crippen LogP contribution in [0.25, 0.3) is 0 Å². The van der Waals surface area contributed by atoms with Crippen LogP contribution in [0.2, 0.25) is 0 Å². The first-order valence-corrected chi connectivity index (χ1v) is 7.23. The van der Waals surface area contributed by atoms with E-state index >= 15 is 0 Å². The molecule has 0 aliphatic carbocycles. The lowest BCUT2D eigenvalue weighted by Crippen LogP contribution is -2.07. The van der Waals surface area contributed by atoms with E-state index in [-0.39, 0.29) is 0 Å². The van der Waals surface area contributed by atoms with Crippen LogP contribution in [0.15, 0.2) is 30.3 Å². The molecule has 0 radical (unpaired) electrons. The number of anilines is 2. The topological polar surface area (TPSA) is 59.1 Å². The third-order valence-electron chi connectivity index (χ3n) is 3.08. The van der Waals surface area contributed by atoms with Gasteiger partial charge in [0, 0.05) is 25.6 Å². The molecular formula is C16H22N4O. The molecule has 2 N–H and O–H groups in total. The number of methoxy groups -OCH3 is 1.